The molecule has 2 N–H and O–H groups in total. The highest BCUT2D eigenvalue weighted by molar-refractivity contribution is 7.58. The number of nitrogens with zero attached hydrogens (tertiary/aromatic N) is 3. The predicted molar refractivity (Wildman–Crippen MR) is 83.4 cm³/mol. The van der Waals surface area contributed by atoms with Crippen molar-refractivity contribution in [3.05, 3.63) is 18.2 Å². The highest BCUT2D eigenvalue weighted by Gasteiger charge is 2.36. The Balaban J connectivity index is 1.68. The summed E-state index contributed by atoms with van der Waals surface area (Å²) < 4.78 is 8.30. The highest BCUT2D eigenvalue weighted by Crippen LogP contribution is 2.38. The van der Waals surface area contributed by atoms with Crippen LogP contribution in [0.1, 0.15) is 19.8 Å². The van der Waals surface area contributed by atoms with E-state index < -0.39 is 12.0 Å². The molecule has 1 aromatic carbocycles. The van der Waals surface area contributed by atoms with Gasteiger partial charge in [0, 0.05) is 6.04 Å². The number of hydrogen-bond acceptors (Lipinski definition) is 5. The molecule has 8 heteroatoms. The van der Waals surface area contributed by atoms with Crippen molar-refractivity contribution in [2.75, 3.05) is 11.9 Å². The molecule has 1 unspecified atom stereocenters. The fraction of sp³-hybridized carbons (Fsp3) is 0.429. The van der Waals surface area contributed by atoms with E-state index in [2.05, 4.69) is 14.0 Å². The molecule has 1 aliphatic heterocycles. The minimum absolute atomic E-state index is 0.0616. The van der Waals surface area contributed by atoms with Crippen LogP contribution in [0.3, 0.4) is 0 Å². The molecule has 1 aliphatic carbocycles. The van der Waals surface area contributed by atoms with Crippen LogP contribution in [0.2, 0.25) is 0 Å². The Bertz CT molecular complexity index is 695. The van der Waals surface area contributed by atoms with Gasteiger partial charge in [-0.15, -0.1) is 0 Å². The lowest BCUT2D eigenvalue weighted by Crippen LogP contribution is -2.44. The number of nitrogens with one attached hydrogen (secondary N) is 1. The minimum atomic E-state index is -0.912. The third-order valence-electron chi connectivity index (χ3n) is 3.76. The molecule has 3 rings (SSSR count). The van der Waals surface area contributed by atoms with Crippen LogP contribution < -0.4 is 5.32 Å². The zero-order valence-corrected chi connectivity index (χ0v) is 12.8. The molecule has 1 aromatic rings. The number of aliphatic carboxylic acids is 1. The third kappa shape index (κ3) is 3.07. The second-order valence-corrected chi connectivity index (χ2v) is 5.93. The number of amides is 1. The van der Waals surface area contributed by atoms with E-state index in [-0.39, 0.29) is 18.5 Å². The van der Waals surface area contributed by atoms with Gasteiger partial charge in [-0.05, 0) is 31.9 Å². The number of anilines is 1. The maximum absolute atomic E-state index is 12.3. The molecule has 22 heavy (non-hydrogen) atoms. The number of rotatable bonds is 6. The van der Waals surface area contributed by atoms with Gasteiger partial charge in [0.15, 0.2) is 0 Å². The molecule has 0 aromatic heterocycles. The number of carboxylic acids is 1. The van der Waals surface area contributed by atoms with Crippen molar-refractivity contribution < 1.29 is 14.7 Å². The van der Waals surface area contributed by atoms with E-state index in [9.17, 15) is 9.59 Å². The van der Waals surface area contributed by atoms with E-state index in [1.165, 1.54) is 0 Å². The number of carbonyl (C=O) groups excluding carboxylic acids is 1. The fourth-order valence-corrected chi connectivity index (χ4v) is 2.94. The summed E-state index contributed by atoms with van der Waals surface area (Å²) in [6, 6.07) is 4.92. The maximum Gasteiger partial charge on any atom is 0.320 e. The lowest BCUT2D eigenvalue weighted by atomic mass is 10.2. The Morgan fingerprint density at radius 2 is 2.23 bits per heavy atom. The van der Waals surface area contributed by atoms with Crippen molar-refractivity contribution in [1.82, 2.24) is 4.90 Å². The fourth-order valence-electron chi connectivity index (χ4n) is 2.39. The molecule has 2 aliphatic rings. The summed E-state index contributed by atoms with van der Waals surface area (Å²) in [5, 5.41) is 12.0. The van der Waals surface area contributed by atoms with Gasteiger partial charge < -0.3 is 10.4 Å². The maximum atomic E-state index is 12.3. The Kier molecular flexibility index (Phi) is 4.04. The Morgan fingerprint density at radius 3 is 2.91 bits per heavy atom. The van der Waals surface area contributed by atoms with Gasteiger partial charge in [0.1, 0.15) is 17.4 Å². The zero-order chi connectivity index (χ0) is 15.7. The Hall–Kier alpha value is -2.06. The summed E-state index contributed by atoms with van der Waals surface area (Å²) in [4.78, 5) is 25.2. The van der Waals surface area contributed by atoms with Gasteiger partial charge in [-0.2, -0.15) is 8.73 Å². The molecule has 1 fully saturated rings. The molecule has 1 atom stereocenters. The first-order valence-electron chi connectivity index (χ1n) is 7.06. The van der Waals surface area contributed by atoms with Crippen molar-refractivity contribution in [1.29, 1.82) is 0 Å². The first-order chi connectivity index (χ1) is 10.6. The monoisotopic (exact) mass is 320 g/mol. The molecule has 0 saturated heterocycles. The van der Waals surface area contributed by atoms with Gasteiger partial charge in [-0.3, -0.25) is 14.5 Å². The van der Waals surface area contributed by atoms with E-state index in [1.54, 1.807) is 24.0 Å². The number of benzene rings is 1. The van der Waals surface area contributed by atoms with Crippen LogP contribution in [0.4, 0.5) is 17.1 Å². The van der Waals surface area contributed by atoms with Crippen molar-refractivity contribution in [2.24, 2.45) is 8.73 Å². The van der Waals surface area contributed by atoms with Crippen molar-refractivity contribution in [2.45, 2.75) is 31.8 Å². The number of carbonyl (C=O) groups is 2. The van der Waals surface area contributed by atoms with Crippen LogP contribution in [0, 0.1) is 0 Å². The summed E-state index contributed by atoms with van der Waals surface area (Å²) in [5.41, 5.74) is 2.00. The van der Waals surface area contributed by atoms with Crippen LogP contribution in [0.25, 0.3) is 0 Å². The zero-order valence-electron chi connectivity index (χ0n) is 12.0. The quantitative estimate of drug-likeness (QED) is 0.853. The molecule has 116 valence electrons. The van der Waals surface area contributed by atoms with E-state index in [0.29, 0.717) is 11.4 Å². The standard InChI is InChI=1S/C14H16N4O3S/c1-8(14(20)21)18(9-5-6-9)7-12(19)15-10-3-2-4-11-13(10)17-22-16-11/h2-4,8-9H,5-7H2,1H3,(H,15,19)(H,20,21). The summed E-state index contributed by atoms with van der Waals surface area (Å²) in [6.45, 7) is 1.67. The first-order valence-corrected chi connectivity index (χ1v) is 7.79. The topological polar surface area (TPSA) is 94.4 Å². The average molecular weight is 320 g/mol. The van der Waals surface area contributed by atoms with Crippen molar-refractivity contribution in [3.8, 4) is 0 Å². The van der Waals surface area contributed by atoms with E-state index in [1.807, 2.05) is 6.07 Å². The predicted octanol–water partition coefficient (Wildman–Crippen LogP) is 2.29. The van der Waals surface area contributed by atoms with Crippen molar-refractivity contribution in [3.63, 3.8) is 0 Å². The molecule has 1 saturated carbocycles. The molecule has 0 radical (unpaired) electrons. The Labute approximate surface area is 131 Å². The summed E-state index contributed by atoms with van der Waals surface area (Å²) in [5.74, 6) is -1.15. The molecular weight excluding hydrogens is 304 g/mol. The van der Waals surface area contributed by atoms with Gasteiger partial charge in [0.25, 0.3) is 0 Å². The van der Waals surface area contributed by atoms with Crippen LogP contribution in [0.15, 0.2) is 26.9 Å². The van der Waals surface area contributed by atoms with Gasteiger partial charge in [0.05, 0.1) is 23.6 Å². The highest BCUT2D eigenvalue weighted by atomic mass is 32.1. The van der Waals surface area contributed by atoms with Crippen LogP contribution >= 0.6 is 0 Å². The van der Waals surface area contributed by atoms with Crippen LogP contribution in [-0.2, 0) is 20.9 Å². The van der Waals surface area contributed by atoms with Crippen LogP contribution in [0.5, 0.6) is 0 Å². The van der Waals surface area contributed by atoms with Gasteiger partial charge in [0.2, 0.25) is 5.91 Å². The smallest absolute Gasteiger partial charge is 0.320 e. The van der Waals surface area contributed by atoms with Gasteiger partial charge >= 0.3 is 5.97 Å². The largest absolute Gasteiger partial charge is 0.480 e. The molecule has 1 heterocycles. The summed E-state index contributed by atoms with van der Waals surface area (Å²) in [7, 11) is 0. The molecule has 0 spiro atoms. The minimum Gasteiger partial charge on any atom is -0.480 e. The Morgan fingerprint density at radius 1 is 1.45 bits per heavy atom. The SMILES string of the molecule is CC(C(=O)O)N(CC(=O)Nc1cccc2c1N=S=N2)C1CC1. The molecular formula is C14H16N4O3S. The average Bonchev–Trinajstić information content (AvgIpc) is 3.21. The van der Waals surface area contributed by atoms with E-state index in [0.717, 1.165) is 29.9 Å². The normalized spacial score (nSPS) is 17.0. The summed E-state index contributed by atoms with van der Waals surface area (Å²) in [6.07, 6.45) is 1.88. The first kappa shape index (κ1) is 14.9. The van der Waals surface area contributed by atoms with Gasteiger partial charge in [-0.25, -0.2) is 0 Å². The van der Waals surface area contributed by atoms with E-state index in [4.69, 9.17) is 5.11 Å². The lowest BCUT2D eigenvalue weighted by Gasteiger charge is -2.25. The number of carboxylic acid groups (broad SMARTS) is 1. The summed E-state index contributed by atoms with van der Waals surface area (Å²) >= 11 is 1.09. The third-order valence-corrected chi connectivity index (χ3v) is 4.30. The van der Waals surface area contributed by atoms with Crippen LogP contribution in [-0.4, -0.2) is 40.5 Å². The molecule has 1 amide bonds. The van der Waals surface area contributed by atoms with E-state index >= 15 is 0 Å². The van der Waals surface area contributed by atoms with Gasteiger partial charge in [-0.1, -0.05) is 6.07 Å². The second kappa shape index (κ2) is 5.98. The second-order valence-electron chi connectivity index (χ2n) is 5.40. The number of fused-ring (bicyclic) bond motifs is 1. The van der Waals surface area contributed by atoms with Crippen molar-refractivity contribution >= 4 is 40.3 Å². The lowest BCUT2D eigenvalue weighted by molar-refractivity contribution is -0.143. The number of hydrogen-bond donors (Lipinski definition) is 2. The molecule has 7 nitrogen and oxygen atoms in total. The molecule has 0 bridgehead atoms.